The van der Waals surface area contributed by atoms with Crippen molar-refractivity contribution < 1.29 is 9.53 Å². The van der Waals surface area contributed by atoms with E-state index < -0.39 is 0 Å². The van der Waals surface area contributed by atoms with Gasteiger partial charge in [-0.3, -0.25) is 4.79 Å². The maximum absolute atomic E-state index is 12.4. The summed E-state index contributed by atoms with van der Waals surface area (Å²) in [6.07, 6.45) is 0. The molecule has 176 valence electrons. The minimum absolute atomic E-state index is 0. The van der Waals surface area contributed by atoms with Crippen LogP contribution in [0, 0.1) is 0 Å². The minimum Gasteiger partial charge on any atom is -0.494 e. The Morgan fingerprint density at radius 1 is 1.03 bits per heavy atom. The number of ether oxygens (including phenoxy) is 1. The fraction of sp³-hybridized carbons (Fsp3) is 0.417. The second kappa shape index (κ2) is 15.5. The molecule has 0 spiro atoms. The van der Waals surface area contributed by atoms with Gasteiger partial charge in [-0.05, 0) is 51.7 Å². The number of nitrogens with one attached hydrogen (secondary N) is 3. The van der Waals surface area contributed by atoms with Crippen LogP contribution in [0.2, 0.25) is 0 Å². The van der Waals surface area contributed by atoms with Crippen molar-refractivity contribution >= 4 is 35.8 Å². The van der Waals surface area contributed by atoms with Gasteiger partial charge in [0.1, 0.15) is 5.75 Å². The van der Waals surface area contributed by atoms with Crippen LogP contribution in [-0.2, 0) is 13.1 Å². The summed E-state index contributed by atoms with van der Waals surface area (Å²) in [5.41, 5.74) is 2.70. The molecule has 0 aliphatic carbocycles. The molecule has 0 aromatic heterocycles. The Bertz CT molecular complexity index is 858. The fourth-order valence-electron chi connectivity index (χ4n) is 2.94. The van der Waals surface area contributed by atoms with Gasteiger partial charge in [0.15, 0.2) is 5.96 Å². The van der Waals surface area contributed by atoms with E-state index in [9.17, 15) is 4.79 Å². The summed E-state index contributed by atoms with van der Waals surface area (Å²) >= 11 is 0. The van der Waals surface area contributed by atoms with Crippen molar-refractivity contribution in [1.82, 2.24) is 20.9 Å². The van der Waals surface area contributed by atoms with E-state index in [1.807, 2.05) is 81.4 Å². The molecule has 2 aromatic rings. The maximum atomic E-state index is 12.4. The van der Waals surface area contributed by atoms with Gasteiger partial charge in [0, 0.05) is 37.3 Å². The molecule has 2 aromatic carbocycles. The number of benzene rings is 2. The summed E-state index contributed by atoms with van der Waals surface area (Å²) in [6.45, 7) is 7.90. The van der Waals surface area contributed by atoms with Crippen molar-refractivity contribution in [2.24, 2.45) is 4.99 Å². The van der Waals surface area contributed by atoms with E-state index in [2.05, 4.69) is 20.9 Å². The van der Waals surface area contributed by atoms with Crippen molar-refractivity contribution in [2.75, 3.05) is 40.3 Å². The summed E-state index contributed by atoms with van der Waals surface area (Å²) in [5, 5.41) is 9.57. The lowest BCUT2D eigenvalue weighted by Gasteiger charge is -2.14. The normalized spacial score (nSPS) is 11.0. The monoisotopic (exact) mass is 553 g/mol. The molecule has 0 radical (unpaired) electrons. The summed E-state index contributed by atoms with van der Waals surface area (Å²) in [7, 11) is 3.96. The third-order valence-electron chi connectivity index (χ3n) is 4.52. The molecule has 0 unspecified atom stereocenters. The number of amides is 1. The molecule has 0 saturated carbocycles. The van der Waals surface area contributed by atoms with E-state index >= 15 is 0 Å². The molecule has 0 heterocycles. The first kappa shape index (κ1) is 27.7. The zero-order valence-corrected chi connectivity index (χ0v) is 21.8. The van der Waals surface area contributed by atoms with Crippen LogP contribution in [0.4, 0.5) is 0 Å². The predicted octanol–water partition coefficient (Wildman–Crippen LogP) is 3.25. The highest BCUT2D eigenvalue weighted by atomic mass is 127. The molecule has 0 aliphatic rings. The van der Waals surface area contributed by atoms with E-state index in [-0.39, 0.29) is 29.9 Å². The number of halogens is 1. The Morgan fingerprint density at radius 3 is 2.53 bits per heavy atom. The van der Waals surface area contributed by atoms with Crippen molar-refractivity contribution in [2.45, 2.75) is 26.9 Å². The average Bonchev–Trinajstić information content (AvgIpc) is 2.76. The molecule has 1 amide bonds. The van der Waals surface area contributed by atoms with Gasteiger partial charge < -0.3 is 25.6 Å². The van der Waals surface area contributed by atoms with E-state index in [4.69, 9.17) is 4.74 Å². The van der Waals surface area contributed by atoms with E-state index in [1.54, 1.807) is 0 Å². The molecule has 8 heteroatoms. The molecule has 7 nitrogen and oxygen atoms in total. The zero-order chi connectivity index (χ0) is 22.5. The topological polar surface area (TPSA) is 78.0 Å². The molecule has 0 saturated heterocycles. The van der Waals surface area contributed by atoms with E-state index in [1.165, 1.54) is 0 Å². The van der Waals surface area contributed by atoms with E-state index in [0.29, 0.717) is 31.8 Å². The molecule has 0 bridgehead atoms. The first-order valence-corrected chi connectivity index (χ1v) is 10.8. The van der Waals surface area contributed by atoms with Crippen molar-refractivity contribution in [3.8, 4) is 5.75 Å². The molecule has 0 aliphatic heterocycles. The van der Waals surface area contributed by atoms with Gasteiger partial charge in [-0.1, -0.05) is 30.3 Å². The van der Waals surface area contributed by atoms with Crippen LogP contribution >= 0.6 is 24.0 Å². The van der Waals surface area contributed by atoms with Gasteiger partial charge in [-0.2, -0.15) is 0 Å². The van der Waals surface area contributed by atoms with Crippen LogP contribution in [0.3, 0.4) is 0 Å². The number of aliphatic imine (C=N–C) groups is 1. The number of carbonyl (C=O) groups excluding carboxylic acids is 1. The van der Waals surface area contributed by atoms with Crippen LogP contribution in [0.25, 0.3) is 0 Å². The SMILES string of the molecule is CCNC(=NCc1cccc(C(=O)NCCN(C)C)c1)NCc1ccccc1OCC.I. The number of rotatable bonds is 11. The Morgan fingerprint density at radius 2 is 1.81 bits per heavy atom. The van der Waals surface area contributed by atoms with Crippen LogP contribution < -0.4 is 20.7 Å². The molecular weight excluding hydrogens is 517 g/mol. The molecular formula is C24H36IN5O2. The second-order valence-electron chi connectivity index (χ2n) is 7.35. The van der Waals surface area contributed by atoms with Crippen molar-refractivity contribution in [3.05, 3.63) is 65.2 Å². The number of hydrogen-bond donors (Lipinski definition) is 3. The summed E-state index contributed by atoms with van der Waals surface area (Å²) in [4.78, 5) is 19.1. The molecule has 0 fully saturated rings. The quantitative estimate of drug-likeness (QED) is 0.226. The van der Waals surface area contributed by atoms with Gasteiger partial charge in [0.05, 0.1) is 13.2 Å². The lowest BCUT2D eigenvalue weighted by molar-refractivity contribution is 0.0951. The van der Waals surface area contributed by atoms with Gasteiger partial charge in [0.25, 0.3) is 5.91 Å². The molecule has 3 N–H and O–H groups in total. The smallest absolute Gasteiger partial charge is 0.251 e. The first-order valence-electron chi connectivity index (χ1n) is 10.8. The lowest BCUT2D eigenvalue weighted by atomic mass is 10.1. The highest BCUT2D eigenvalue weighted by molar-refractivity contribution is 14.0. The second-order valence-corrected chi connectivity index (χ2v) is 7.35. The first-order chi connectivity index (χ1) is 15.0. The van der Waals surface area contributed by atoms with Crippen LogP contribution in [0.15, 0.2) is 53.5 Å². The van der Waals surface area contributed by atoms with Gasteiger partial charge in [-0.25, -0.2) is 4.99 Å². The lowest BCUT2D eigenvalue weighted by Crippen LogP contribution is -2.36. The third-order valence-corrected chi connectivity index (χ3v) is 4.52. The van der Waals surface area contributed by atoms with Crippen LogP contribution in [0.1, 0.15) is 35.3 Å². The Balaban J connectivity index is 0.00000512. The van der Waals surface area contributed by atoms with Gasteiger partial charge in [0.2, 0.25) is 0 Å². The largest absolute Gasteiger partial charge is 0.494 e. The number of carbonyl (C=O) groups is 1. The van der Waals surface area contributed by atoms with Crippen LogP contribution in [0.5, 0.6) is 5.75 Å². The summed E-state index contributed by atoms with van der Waals surface area (Å²) < 4.78 is 5.69. The third kappa shape index (κ3) is 9.86. The number of guanidine groups is 1. The average molecular weight is 553 g/mol. The molecule has 0 atom stereocenters. The predicted molar refractivity (Wildman–Crippen MR) is 142 cm³/mol. The van der Waals surface area contributed by atoms with E-state index in [0.717, 1.165) is 35.9 Å². The number of para-hydroxylation sites is 1. The Hall–Kier alpha value is -2.33. The summed E-state index contributed by atoms with van der Waals surface area (Å²) in [6, 6.07) is 15.6. The standard InChI is InChI=1S/C24H35N5O2.HI/c1-5-25-24(28-18-21-11-7-8-13-22(21)31-6-2)27-17-19-10-9-12-20(16-19)23(30)26-14-15-29(3)4;/h7-13,16H,5-6,14-15,17-18H2,1-4H3,(H,26,30)(H2,25,27,28);1H. The van der Waals surface area contributed by atoms with Crippen molar-refractivity contribution in [3.63, 3.8) is 0 Å². The Labute approximate surface area is 209 Å². The van der Waals surface area contributed by atoms with Crippen LogP contribution in [-0.4, -0.2) is 57.1 Å². The van der Waals surface area contributed by atoms with Gasteiger partial charge >= 0.3 is 0 Å². The molecule has 2 rings (SSSR count). The van der Waals surface area contributed by atoms with Gasteiger partial charge in [-0.15, -0.1) is 24.0 Å². The van der Waals surface area contributed by atoms with Crippen molar-refractivity contribution in [1.29, 1.82) is 0 Å². The zero-order valence-electron chi connectivity index (χ0n) is 19.5. The molecule has 32 heavy (non-hydrogen) atoms. The maximum Gasteiger partial charge on any atom is 0.251 e. The Kier molecular flexibility index (Phi) is 13.4. The fourth-order valence-corrected chi connectivity index (χ4v) is 2.94. The minimum atomic E-state index is -0.0646. The number of nitrogens with zero attached hydrogens (tertiary/aromatic N) is 2. The number of hydrogen-bond acceptors (Lipinski definition) is 4. The summed E-state index contributed by atoms with van der Waals surface area (Å²) in [5.74, 6) is 1.53. The number of likely N-dealkylation sites (N-methyl/N-ethyl adjacent to an activating group) is 1. The highest BCUT2D eigenvalue weighted by Gasteiger charge is 2.07. The highest BCUT2D eigenvalue weighted by Crippen LogP contribution is 2.17.